The zero-order valence-electron chi connectivity index (χ0n) is 13.6. The molecule has 0 spiro atoms. The van der Waals surface area contributed by atoms with Crippen LogP contribution in [0.5, 0.6) is 0 Å². The SMILES string of the molecule is CC(C)NCC(C)(C)CN1CCCCc2ccccc21. The van der Waals surface area contributed by atoms with E-state index in [1.807, 2.05) is 0 Å². The van der Waals surface area contributed by atoms with E-state index >= 15 is 0 Å². The van der Waals surface area contributed by atoms with Crippen molar-refractivity contribution in [2.45, 2.75) is 53.0 Å². The summed E-state index contributed by atoms with van der Waals surface area (Å²) in [6, 6.07) is 9.51. The smallest absolute Gasteiger partial charge is 0.0398 e. The average molecular weight is 274 g/mol. The summed E-state index contributed by atoms with van der Waals surface area (Å²) in [6.45, 7) is 12.6. The van der Waals surface area contributed by atoms with Gasteiger partial charge in [0.25, 0.3) is 0 Å². The molecular formula is C18H30N2. The van der Waals surface area contributed by atoms with Crippen molar-refractivity contribution >= 4 is 5.69 Å². The average Bonchev–Trinajstić information content (AvgIpc) is 2.59. The summed E-state index contributed by atoms with van der Waals surface area (Å²) in [4.78, 5) is 2.60. The van der Waals surface area contributed by atoms with Crippen LogP contribution in [-0.2, 0) is 6.42 Å². The van der Waals surface area contributed by atoms with Crippen LogP contribution in [-0.4, -0.2) is 25.7 Å². The molecule has 2 rings (SSSR count). The first-order chi connectivity index (χ1) is 9.48. The van der Waals surface area contributed by atoms with Gasteiger partial charge in [-0.3, -0.25) is 0 Å². The van der Waals surface area contributed by atoms with Crippen molar-refractivity contribution in [3.63, 3.8) is 0 Å². The highest BCUT2D eigenvalue weighted by molar-refractivity contribution is 5.54. The summed E-state index contributed by atoms with van der Waals surface area (Å²) >= 11 is 0. The zero-order valence-corrected chi connectivity index (χ0v) is 13.6. The molecule has 0 atom stereocenters. The number of aryl methyl sites for hydroxylation is 1. The maximum atomic E-state index is 3.59. The number of nitrogens with one attached hydrogen (secondary N) is 1. The largest absolute Gasteiger partial charge is 0.371 e. The molecule has 1 aromatic rings. The maximum absolute atomic E-state index is 3.59. The molecule has 112 valence electrons. The number of para-hydroxylation sites is 1. The Kier molecular flexibility index (Phi) is 5.09. The minimum Gasteiger partial charge on any atom is -0.371 e. The summed E-state index contributed by atoms with van der Waals surface area (Å²) in [6.07, 6.45) is 3.86. The molecule has 0 amide bonds. The third-order valence-electron chi connectivity index (χ3n) is 4.06. The van der Waals surface area contributed by atoms with Gasteiger partial charge in [0, 0.05) is 31.4 Å². The Bertz CT molecular complexity index is 423. The summed E-state index contributed by atoms with van der Waals surface area (Å²) in [5.41, 5.74) is 3.28. The van der Waals surface area contributed by atoms with Gasteiger partial charge in [-0.15, -0.1) is 0 Å². The van der Waals surface area contributed by atoms with Gasteiger partial charge in [0.05, 0.1) is 0 Å². The third kappa shape index (κ3) is 4.24. The second-order valence-corrected chi connectivity index (χ2v) is 7.21. The summed E-state index contributed by atoms with van der Waals surface area (Å²) in [5.74, 6) is 0. The summed E-state index contributed by atoms with van der Waals surface area (Å²) < 4.78 is 0. The molecule has 1 aromatic carbocycles. The number of rotatable bonds is 5. The standard InChI is InChI=1S/C18H30N2/c1-15(2)19-13-18(3,4)14-20-12-8-7-10-16-9-5-6-11-17(16)20/h5-6,9,11,15,19H,7-8,10,12-14H2,1-4H3. The van der Waals surface area contributed by atoms with Gasteiger partial charge in [-0.2, -0.15) is 0 Å². The van der Waals surface area contributed by atoms with Crippen LogP contribution in [0.2, 0.25) is 0 Å². The van der Waals surface area contributed by atoms with E-state index < -0.39 is 0 Å². The van der Waals surface area contributed by atoms with Crippen molar-refractivity contribution in [2.24, 2.45) is 5.41 Å². The van der Waals surface area contributed by atoms with Crippen molar-refractivity contribution < 1.29 is 0 Å². The van der Waals surface area contributed by atoms with Crippen LogP contribution in [0.25, 0.3) is 0 Å². The van der Waals surface area contributed by atoms with E-state index in [-0.39, 0.29) is 0 Å². The Balaban J connectivity index is 2.08. The quantitative estimate of drug-likeness (QED) is 0.877. The Morgan fingerprint density at radius 2 is 1.95 bits per heavy atom. The number of hydrogen-bond acceptors (Lipinski definition) is 2. The Labute approximate surface area is 124 Å². The van der Waals surface area contributed by atoms with Gasteiger partial charge in [-0.1, -0.05) is 45.9 Å². The van der Waals surface area contributed by atoms with E-state index in [1.165, 1.54) is 37.1 Å². The van der Waals surface area contributed by atoms with Crippen LogP contribution in [0, 0.1) is 5.41 Å². The van der Waals surface area contributed by atoms with Gasteiger partial charge in [0.15, 0.2) is 0 Å². The molecule has 1 N–H and O–H groups in total. The molecule has 0 aromatic heterocycles. The minimum absolute atomic E-state index is 0.293. The van der Waals surface area contributed by atoms with E-state index in [9.17, 15) is 0 Å². The predicted octanol–water partition coefficient (Wildman–Crippen LogP) is 3.85. The lowest BCUT2D eigenvalue weighted by Gasteiger charge is -2.35. The van der Waals surface area contributed by atoms with Gasteiger partial charge in [0.1, 0.15) is 0 Å². The van der Waals surface area contributed by atoms with Gasteiger partial charge in [-0.05, 0) is 36.3 Å². The maximum Gasteiger partial charge on any atom is 0.0398 e. The molecule has 0 saturated heterocycles. The lowest BCUT2D eigenvalue weighted by Crippen LogP contribution is -2.42. The molecule has 0 aliphatic carbocycles. The molecule has 2 heteroatoms. The molecule has 0 bridgehead atoms. The summed E-state index contributed by atoms with van der Waals surface area (Å²) in [5, 5.41) is 3.59. The molecule has 0 unspecified atom stereocenters. The van der Waals surface area contributed by atoms with Crippen molar-refractivity contribution in [3.05, 3.63) is 29.8 Å². The first-order valence-electron chi connectivity index (χ1n) is 8.04. The molecule has 1 aliphatic heterocycles. The molecule has 0 radical (unpaired) electrons. The number of fused-ring (bicyclic) bond motifs is 1. The normalized spacial score (nSPS) is 16.1. The monoisotopic (exact) mass is 274 g/mol. The van der Waals surface area contributed by atoms with Crippen molar-refractivity contribution in [2.75, 3.05) is 24.5 Å². The van der Waals surface area contributed by atoms with Crippen LogP contribution in [0.1, 0.15) is 46.1 Å². The molecule has 1 aliphatic rings. The lowest BCUT2D eigenvalue weighted by atomic mass is 9.91. The number of benzene rings is 1. The predicted molar refractivity (Wildman–Crippen MR) is 88.5 cm³/mol. The van der Waals surface area contributed by atoms with E-state index in [2.05, 4.69) is 62.2 Å². The first-order valence-corrected chi connectivity index (χ1v) is 8.04. The van der Waals surface area contributed by atoms with Gasteiger partial charge < -0.3 is 10.2 Å². The lowest BCUT2D eigenvalue weighted by molar-refractivity contribution is 0.329. The fraction of sp³-hybridized carbons (Fsp3) is 0.667. The number of nitrogens with zero attached hydrogens (tertiary/aromatic N) is 1. The van der Waals surface area contributed by atoms with Crippen molar-refractivity contribution in [1.29, 1.82) is 0 Å². The van der Waals surface area contributed by atoms with Crippen molar-refractivity contribution in [3.8, 4) is 0 Å². The van der Waals surface area contributed by atoms with Crippen molar-refractivity contribution in [1.82, 2.24) is 5.32 Å². The van der Waals surface area contributed by atoms with Crippen LogP contribution < -0.4 is 10.2 Å². The van der Waals surface area contributed by atoms with E-state index in [0.717, 1.165) is 13.1 Å². The second kappa shape index (κ2) is 6.62. The highest BCUT2D eigenvalue weighted by atomic mass is 15.1. The fourth-order valence-corrected chi connectivity index (χ4v) is 2.99. The number of hydrogen-bond donors (Lipinski definition) is 1. The highest BCUT2D eigenvalue weighted by Gasteiger charge is 2.24. The van der Waals surface area contributed by atoms with Gasteiger partial charge >= 0.3 is 0 Å². The molecule has 0 saturated carbocycles. The molecule has 1 heterocycles. The molecule has 2 nitrogen and oxygen atoms in total. The molecular weight excluding hydrogens is 244 g/mol. The van der Waals surface area contributed by atoms with Crippen LogP contribution >= 0.6 is 0 Å². The van der Waals surface area contributed by atoms with E-state index in [0.29, 0.717) is 11.5 Å². The Morgan fingerprint density at radius 1 is 1.20 bits per heavy atom. The summed E-state index contributed by atoms with van der Waals surface area (Å²) in [7, 11) is 0. The first kappa shape index (κ1) is 15.4. The van der Waals surface area contributed by atoms with Gasteiger partial charge in [-0.25, -0.2) is 0 Å². The van der Waals surface area contributed by atoms with E-state index in [4.69, 9.17) is 0 Å². The fourth-order valence-electron chi connectivity index (χ4n) is 2.99. The molecule has 0 fully saturated rings. The second-order valence-electron chi connectivity index (χ2n) is 7.21. The topological polar surface area (TPSA) is 15.3 Å². The Morgan fingerprint density at radius 3 is 2.70 bits per heavy atom. The van der Waals surface area contributed by atoms with Crippen LogP contribution in [0.15, 0.2) is 24.3 Å². The molecule has 20 heavy (non-hydrogen) atoms. The third-order valence-corrected chi connectivity index (χ3v) is 4.06. The zero-order chi connectivity index (χ0) is 14.6. The highest BCUT2D eigenvalue weighted by Crippen LogP contribution is 2.29. The van der Waals surface area contributed by atoms with E-state index in [1.54, 1.807) is 0 Å². The van der Waals surface area contributed by atoms with Crippen LogP contribution in [0.3, 0.4) is 0 Å². The number of anilines is 1. The minimum atomic E-state index is 0.293. The van der Waals surface area contributed by atoms with Gasteiger partial charge in [0.2, 0.25) is 0 Å². The Hall–Kier alpha value is -1.02. The van der Waals surface area contributed by atoms with Crippen LogP contribution in [0.4, 0.5) is 5.69 Å².